The van der Waals surface area contributed by atoms with Gasteiger partial charge in [-0.05, 0) is 24.3 Å². The molecule has 0 spiro atoms. The highest BCUT2D eigenvalue weighted by Crippen LogP contribution is 2.34. The minimum atomic E-state index is -0.0417. The number of aromatic nitrogens is 1. The van der Waals surface area contributed by atoms with Crippen LogP contribution in [0.3, 0.4) is 0 Å². The number of hydrogen-bond donors (Lipinski definition) is 1. The van der Waals surface area contributed by atoms with Crippen LogP contribution >= 0.6 is 23.1 Å². The maximum Gasteiger partial charge on any atom is 0.234 e. The number of carbonyl (C=O) groups excluding carboxylic acids is 1. The highest BCUT2D eigenvalue weighted by atomic mass is 32.2. The molecule has 1 aliphatic heterocycles. The Morgan fingerprint density at radius 1 is 1.21 bits per heavy atom. The normalized spacial score (nSPS) is 12.5. The van der Waals surface area contributed by atoms with Crippen molar-refractivity contribution < 1.29 is 14.3 Å². The van der Waals surface area contributed by atoms with Crippen LogP contribution in [0.25, 0.3) is 10.2 Å². The van der Waals surface area contributed by atoms with Gasteiger partial charge in [0.1, 0.15) is 5.01 Å². The monoisotopic (exact) mass is 358 g/mol. The van der Waals surface area contributed by atoms with Crippen LogP contribution in [0.15, 0.2) is 42.5 Å². The maximum absolute atomic E-state index is 12.1. The molecule has 7 heteroatoms. The number of para-hydroxylation sites is 1. The number of thiazole rings is 1. The smallest absolute Gasteiger partial charge is 0.234 e. The molecular weight excluding hydrogens is 344 g/mol. The number of ether oxygens (including phenoxy) is 2. The van der Waals surface area contributed by atoms with Gasteiger partial charge in [-0.1, -0.05) is 12.1 Å². The van der Waals surface area contributed by atoms with Gasteiger partial charge < -0.3 is 14.8 Å². The zero-order chi connectivity index (χ0) is 16.4. The molecule has 0 bridgehead atoms. The van der Waals surface area contributed by atoms with E-state index in [0.29, 0.717) is 22.9 Å². The summed E-state index contributed by atoms with van der Waals surface area (Å²) in [6.45, 7) is 0.227. The molecule has 0 unspecified atom stereocenters. The van der Waals surface area contributed by atoms with Crippen LogP contribution in [0.1, 0.15) is 5.01 Å². The molecule has 0 aliphatic carbocycles. The van der Waals surface area contributed by atoms with Gasteiger partial charge in [-0.25, -0.2) is 4.98 Å². The molecule has 24 heavy (non-hydrogen) atoms. The van der Waals surface area contributed by atoms with Crippen molar-refractivity contribution in [1.29, 1.82) is 0 Å². The molecule has 5 nitrogen and oxygen atoms in total. The number of fused-ring (bicyclic) bond motifs is 2. The summed E-state index contributed by atoms with van der Waals surface area (Å²) in [7, 11) is 0. The summed E-state index contributed by atoms with van der Waals surface area (Å²) < 4.78 is 11.7. The summed E-state index contributed by atoms with van der Waals surface area (Å²) >= 11 is 3.23. The van der Waals surface area contributed by atoms with Crippen LogP contribution in [-0.4, -0.2) is 23.4 Å². The Bertz CT molecular complexity index is 861. The Morgan fingerprint density at radius 3 is 3.00 bits per heavy atom. The van der Waals surface area contributed by atoms with Crippen molar-refractivity contribution >= 4 is 44.9 Å². The molecule has 0 atom stereocenters. The number of thioether (sulfide) groups is 1. The number of benzene rings is 2. The van der Waals surface area contributed by atoms with Crippen molar-refractivity contribution in [1.82, 2.24) is 4.98 Å². The number of hydrogen-bond acceptors (Lipinski definition) is 6. The van der Waals surface area contributed by atoms with Crippen molar-refractivity contribution in [2.45, 2.75) is 5.75 Å². The van der Waals surface area contributed by atoms with Crippen molar-refractivity contribution in [3.05, 3.63) is 47.5 Å². The number of nitrogens with zero attached hydrogens (tertiary/aromatic N) is 1. The molecule has 1 amide bonds. The summed E-state index contributed by atoms with van der Waals surface area (Å²) in [4.78, 5) is 16.6. The Morgan fingerprint density at radius 2 is 2.08 bits per heavy atom. The van der Waals surface area contributed by atoms with Crippen LogP contribution in [-0.2, 0) is 10.5 Å². The van der Waals surface area contributed by atoms with E-state index >= 15 is 0 Å². The third-order valence-electron chi connectivity index (χ3n) is 3.45. The summed E-state index contributed by atoms with van der Waals surface area (Å²) in [5.41, 5.74) is 1.73. The molecule has 0 radical (unpaired) electrons. The van der Waals surface area contributed by atoms with Gasteiger partial charge in [0.2, 0.25) is 12.7 Å². The predicted molar refractivity (Wildman–Crippen MR) is 97.0 cm³/mol. The van der Waals surface area contributed by atoms with Gasteiger partial charge in [-0.3, -0.25) is 4.79 Å². The van der Waals surface area contributed by atoms with Crippen molar-refractivity contribution in [2.24, 2.45) is 0 Å². The molecule has 0 fully saturated rings. The van der Waals surface area contributed by atoms with Gasteiger partial charge in [-0.15, -0.1) is 23.1 Å². The molecule has 3 aromatic rings. The largest absolute Gasteiger partial charge is 0.454 e. The predicted octanol–water partition coefficient (Wildman–Crippen LogP) is 3.90. The molecule has 1 aliphatic rings. The van der Waals surface area contributed by atoms with Crippen molar-refractivity contribution in [3.8, 4) is 11.5 Å². The Labute approximate surface area is 147 Å². The second-order valence-corrected chi connectivity index (χ2v) is 7.29. The van der Waals surface area contributed by atoms with E-state index in [-0.39, 0.29) is 12.7 Å². The first-order valence-electron chi connectivity index (χ1n) is 7.40. The summed E-state index contributed by atoms with van der Waals surface area (Å²) in [5.74, 6) is 2.44. The Kier molecular flexibility index (Phi) is 4.27. The van der Waals surface area contributed by atoms with E-state index in [2.05, 4.69) is 16.4 Å². The zero-order valence-electron chi connectivity index (χ0n) is 12.7. The molecule has 122 valence electrons. The SMILES string of the molecule is O=C(CSCc1nc2ccccc2s1)Nc1ccc2c(c1)OCO2. The summed E-state index contributed by atoms with van der Waals surface area (Å²) in [6, 6.07) is 13.4. The van der Waals surface area contributed by atoms with Crippen LogP contribution in [0.2, 0.25) is 0 Å². The number of carbonyl (C=O) groups is 1. The average molecular weight is 358 g/mol. The Hall–Kier alpha value is -2.25. The molecule has 1 aromatic heterocycles. The maximum atomic E-state index is 12.1. The van der Waals surface area contributed by atoms with Crippen molar-refractivity contribution in [3.63, 3.8) is 0 Å². The second kappa shape index (κ2) is 6.70. The van der Waals surface area contributed by atoms with Crippen LogP contribution in [0, 0.1) is 0 Å². The topological polar surface area (TPSA) is 60.5 Å². The molecule has 2 aromatic carbocycles. The van der Waals surface area contributed by atoms with Gasteiger partial charge in [0, 0.05) is 17.5 Å². The van der Waals surface area contributed by atoms with Gasteiger partial charge >= 0.3 is 0 Å². The van der Waals surface area contributed by atoms with Crippen molar-refractivity contribution in [2.75, 3.05) is 17.9 Å². The lowest BCUT2D eigenvalue weighted by atomic mass is 10.3. The first kappa shape index (κ1) is 15.3. The van der Waals surface area contributed by atoms with Gasteiger partial charge in [-0.2, -0.15) is 0 Å². The fourth-order valence-corrected chi connectivity index (χ4v) is 4.23. The minimum Gasteiger partial charge on any atom is -0.454 e. The summed E-state index contributed by atoms with van der Waals surface area (Å²) in [5, 5.41) is 3.91. The van der Waals surface area contributed by atoms with E-state index < -0.39 is 0 Å². The zero-order valence-corrected chi connectivity index (χ0v) is 14.3. The van der Waals surface area contributed by atoms with E-state index in [1.54, 1.807) is 35.2 Å². The molecule has 4 rings (SSSR count). The third-order valence-corrected chi connectivity index (χ3v) is 5.62. The molecule has 2 heterocycles. The second-order valence-electron chi connectivity index (χ2n) is 5.18. The first-order valence-corrected chi connectivity index (χ1v) is 9.37. The van der Waals surface area contributed by atoms with E-state index in [0.717, 1.165) is 16.3 Å². The first-order chi connectivity index (χ1) is 11.8. The van der Waals surface area contributed by atoms with Gasteiger partial charge in [0.25, 0.3) is 0 Å². The molecular formula is C17H14N2O3S2. The molecule has 0 saturated heterocycles. The fraction of sp³-hybridized carbons (Fsp3) is 0.176. The van der Waals surface area contributed by atoms with Crippen LogP contribution in [0.5, 0.6) is 11.5 Å². The lowest BCUT2D eigenvalue weighted by Gasteiger charge is -2.05. The van der Waals surface area contributed by atoms with E-state index in [4.69, 9.17) is 9.47 Å². The number of amides is 1. The lowest BCUT2D eigenvalue weighted by Crippen LogP contribution is -2.14. The van der Waals surface area contributed by atoms with E-state index in [9.17, 15) is 4.79 Å². The number of anilines is 1. The molecule has 0 saturated carbocycles. The van der Waals surface area contributed by atoms with E-state index in [1.807, 2.05) is 24.3 Å². The van der Waals surface area contributed by atoms with E-state index in [1.165, 1.54) is 4.70 Å². The Balaban J connectivity index is 1.30. The minimum absolute atomic E-state index is 0.0417. The highest BCUT2D eigenvalue weighted by molar-refractivity contribution is 7.99. The van der Waals surface area contributed by atoms with Gasteiger partial charge in [0.15, 0.2) is 11.5 Å². The van der Waals surface area contributed by atoms with Crippen LogP contribution < -0.4 is 14.8 Å². The number of rotatable bonds is 5. The highest BCUT2D eigenvalue weighted by Gasteiger charge is 2.14. The fourth-order valence-electron chi connectivity index (χ4n) is 2.38. The summed E-state index contributed by atoms with van der Waals surface area (Å²) in [6.07, 6.45) is 0. The third kappa shape index (κ3) is 3.32. The van der Waals surface area contributed by atoms with Crippen LogP contribution in [0.4, 0.5) is 5.69 Å². The average Bonchev–Trinajstić information content (AvgIpc) is 3.20. The lowest BCUT2D eigenvalue weighted by molar-refractivity contribution is -0.113. The standard InChI is InChI=1S/C17H14N2O3S2/c20-16(18-11-5-6-13-14(7-11)22-10-21-13)8-23-9-17-19-12-3-1-2-4-15(12)24-17/h1-7H,8-10H2,(H,18,20). The number of nitrogens with one attached hydrogen (secondary N) is 1. The quantitative estimate of drug-likeness (QED) is 0.750. The van der Waals surface area contributed by atoms with Gasteiger partial charge in [0.05, 0.1) is 16.0 Å². The molecule has 1 N–H and O–H groups in total.